The van der Waals surface area contributed by atoms with Crippen molar-refractivity contribution in [2.75, 3.05) is 28.3 Å². The van der Waals surface area contributed by atoms with Gasteiger partial charge in [0.1, 0.15) is 11.5 Å². The Kier molecular flexibility index (Phi) is 6.56. The van der Waals surface area contributed by atoms with Gasteiger partial charge in [0.25, 0.3) is 0 Å². The number of sulfonamides is 1. The van der Waals surface area contributed by atoms with E-state index in [9.17, 15) is 13.2 Å². The van der Waals surface area contributed by atoms with Crippen LogP contribution in [0.1, 0.15) is 16.2 Å². The third-order valence-electron chi connectivity index (χ3n) is 4.36. The molecule has 0 bridgehead atoms. The molecule has 3 rings (SSSR count). The van der Waals surface area contributed by atoms with Gasteiger partial charge in [0, 0.05) is 32.3 Å². The molecular formula is C20H22N4O6S. The van der Waals surface area contributed by atoms with E-state index in [2.05, 4.69) is 15.5 Å². The Morgan fingerprint density at radius 1 is 1.03 bits per heavy atom. The highest BCUT2D eigenvalue weighted by Gasteiger charge is 2.19. The molecular weight excluding hydrogens is 424 g/mol. The summed E-state index contributed by atoms with van der Waals surface area (Å²) in [6.07, 6.45) is 0. The highest BCUT2D eigenvalue weighted by molar-refractivity contribution is 7.89. The van der Waals surface area contributed by atoms with E-state index in [-0.39, 0.29) is 23.2 Å². The molecule has 0 saturated heterocycles. The zero-order valence-corrected chi connectivity index (χ0v) is 18.3. The number of carbonyl (C=O) groups is 1. The van der Waals surface area contributed by atoms with Crippen molar-refractivity contribution in [1.82, 2.24) is 19.8 Å². The third-order valence-corrected chi connectivity index (χ3v) is 6.19. The van der Waals surface area contributed by atoms with E-state index in [1.54, 1.807) is 32.4 Å². The van der Waals surface area contributed by atoms with Gasteiger partial charge in [0.05, 0.1) is 19.1 Å². The van der Waals surface area contributed by atoms with Crippen LogP contribution in [0.2, 0.25) is 0 Å². The number of nitrogens with zero attached hydrogens (tertiary/aromatic N) is 3. The van der Waals surface area contributed by atoms with Crippen molar-refractivity contribution in [3.63, 3.8) is 0 Å². The Bertz CT molecular complexity index is 1150. The molecule has 1 N–H and O–H groups in total. The van der Waals surface area contributed by atoms with E-state index in [1.165, 1.54) is 38.4 Å². The van der Waals surface area contributed by atoms with Crippen LogP contribution in [0.4, 0.5) is 0 Å². The van der Waals surface area contributed by atoms with E-state index in [0.717, 1.165) is 9.87 Å². The molecule has 0 aliphatic heterocycles. The van der Waals surface area contributed by atoms with Gasteiger partial charge in [-0.3, -0.25) is 4.79 Å². The number of benzene rings is 2. The molecule has 3 aromatic rings. The van der Waals surface area contributed by atoms with Crippen LogP contribution >= 0.6 is 0 Å². The molecule has 1 aromatic heterocycles. The SMILES string of the molecule is COc1cc(CNC(=O)c2nnc(-c3ccc(S(=O)(=O)N(C)C)cc3)o2)cc(OC)c1. The van der Waals surface area contributed by atoms with Gasteiger partial charge < -0.3 is 19.2 Å². The van der Waals surface area contributed by atoms with Crippen molar-refractivity contribution in [3.8, 4) is 23.0 Å². The Labute approximate surface area is 179 Å². The normalized spacial score (nSPS) is 11.4. The summed E-state index contributed by atoms with van der Waals surface area (Å²) in [6.45, 7) is 0.196. The second-order valence-electron chi connectivity index (χ2n) is 6.63. The largest absolute Gasteiger partial charge is 0.497 e. The molecule has 0 aliphatic rings. The van der Waals surface area contributed by atoms with Crippen molar-refractivity contribution >= 4 is 15.9 Å². The van der Waals surface area contributed by atoms with Crippen LogP contribution in [0, 0.1) is 0 Å². The summed E-state index contributed by atoms with van der Waals surface area (Å²) in [5, 5.41) is 10.3. The molecule has 1 heterocycles. The van der Waals surface area contributed by atoms with Gasteiger partial charge in [-0.25, -0.2) is 12.7 Å². The maximum Gasteiger partial charge on any atom is 0.309 e. The average molecular weight is 446 g/mol. The van der Waals surface area contributed by atoms with Gasteiger partial charge in [-0.05, 0) is 42.0 Å². The molecule has 31 heavy (non-hydrogen) atoms. The van der Waals surface area contributed by atoms with E-state index < -0.39 is 15.9 Å². The fourth-order valence-corrected chi connectivity index (χ4v) is 3.54. The number of hydrogen-bond acceptors (Lipinski definition) is 8. The predicted molar refractivity (Wildman–Crippen MR) is 111 cm³/mol. The number of aromatic nitrogens is 2. The minimum absolute atomic E-state index is 0.0991. The van der Waals surface area contributed by atoms with Crippen LogP contribution in [-0.2, 0) is 16.6 Å². The van der Waals surface area contributed by atoms with Gasteiger partial charge in [0.15, 0.2) is 0 Å². The summed E-state index contributed by atoms with van der Waals surface area (Å²) < 4.78 is 41.3. The fourth-order valence-electron chi connectivity index (χ4n) is 2.64. The predicted octanol–water partition coefficient (Wildman–Crippen LogP) is 1.93. The zero-order chi connectivity index (χ0) is 22.6. The number of nitrogens with one attached hydrogen (secondary N) is 1. The summed E-state index contributed by atoms with van der Waals surface area (Å²) in [5.74, 6) is 0.538. The van der Waals surface area contributed by atoms with Gasteiger partial charge >= 0.3 is 11.8 Å². The maximum absolute atomic E-state index is 12.4. The minimum Gasteiger partial charge on any atom is -0.497 e. The minimum atomic E-state index is -3.54. The van der Waals surface area contributed by atoms with Crippen LogP contribution in [0.15, 0.2) is 51.8 Å². The summed E-state index contributed by atoms with van der Waals surface area (Å²) in [6, 6.07) is 11.2. The fraction of sp³-hybridized carbons (Fsp3) is 0.250. The Morgan fingerprint density at radius 3 is 2.19 bits per heavy atom. The van der Waals surface area contributed by atoms with E-state index >= 15 is 0 Å². The lowest BCUT2D eigenvalue weighted by Gasteiger charge is -2.11. The molecule has 0 radical (unpaired) electrons. The lowest BCUT2D eigenvalue weighted by Crippen LogP contribution is -2.23. The van der Waals surface area contributed by atoms with Crippen molar-refractivity contribution < 1.29 is 27.1 Å². The second kappa shape index (κ2) is 9.14. The van der Waals surface area contributed by atoms with Gasteiger partial charge in [-0.1, -0.05) is 0 Å². The van der Waals surface area contributed by atoms with Crippen LogP contribution in [0.3, 0.4) is 0 Å². The van der Waals surface area contributed by atoms with Crippen molar-refractivity contribution in [1.29, 1.82) is 0 Å². The van der Waals surface area contributed by atoms with Crippen LogP contribution < -0.4 is 14.8 Å². The van der Waals surface area contributed by atoms with Gasteiger partial charge in [-0.2, -0.15) is 0 Å². The quantitative estimate of drug-likeness (QED) is 0.557. The zero-order valence-electron chi connectivity index (χ0n) is 17.4. The number of carbonyl (C=O) groups excluding carboxylic acids is 1. The molecule has 11 heteroatoms. The molecule has 10 nitrogen and oxygen atoms in total. The van der Waals surface area contributed by atoms with Crippen molar-refractivity contribution in [2.24, 2.45) is 0 Å². The van der Waals surface area contributed by atoms with Crippen LogP contribution in [0.25, 0.3) is 11.5 Å². The standard InChI is InChI=1S/C20H22N4O6S/c1-24(2)31(26,27)17-7-5-14(6-8-17)19-22-23-20(30-19)18(25)21-12-13-9-15(28-3)11-16(10-13)29-4/h5-11H,12H2,1-4H3,(H,21,25). The molecule has 1 amide bonds. The topological polar surface area (TPSA) is 124 Å². The molecule has 0 aliphatic carbocycles. The second-order valence-corrected chi connectivity index (χ2v) is 8.78. The lowest BCUT2D eigenvalue weighted by molar-refractivity contribution is 0.0916. The monoisotopic (exact) mass is 446 g/mol. The molecule has 2 aromatic carbocycles. The van der Waals surface area contributed by atoms with Crippen molar-refractivity contribution in [2.45, 2.75) is 11.4 Å². The number of methoxy groups -OCH3 is 2. The lowest BCUT2D eigenvalue weighted by atomic mass is 10.2. The summed E-state index contributed by atoms with van der Waals surface area (Å²) >= 11 is 0. The molecule has 0 spiro atoms. The van der Waals surface area contributed by atoms with Gasteiger partial charge in [-0.15, -0.1) is 10.2 Å². The first-order valence-electron chi connectivity index (χ1n) is 9.11. The molecule has 164 valence electrons. The first kappa shape index (κ1) is 22.2. The number of ether oxygens (including phenoxy) is 2. The first-order chi connectivity index (χ1) is 14.7. The first-order valence-corrected chi connectivity index (χ1v) is 10.5. The average Bonchev–Trinajstić information content (AvgIpc) is 3.27. The number of rotatable bonds is 8. The molecule has 0 fully saturated rings. The van der Waals surface area contributed by atoms with Crippen LogP contribution in [-0.4, -0.2) is 57.1 Å². The Hall–Kier alpha value is -3.44. The molecule has 0 unspecified atom stereocenters. The molecule has 0 saturated carbocycles. The maximum atomic E-state index is 12.4. The van der Waals surface area contributed by atoms with E-state index in [0.29, 0.717) is 17.1 Å². The summed E-state index contributed by atoms with van der Waals surface area (Å²) in [5.41, 5.74) is 1.25. The Balaban J connectivity index is 1.70. The van der Waals surface area contributed by atoms with Crippen molar-refractivity contribution in [3.05, 3.63) is 53.9 Å². The van der Waals surface area contributed by atoms with Crippen LogP contribution in [0.5, 0.6) is 11.5 Å². The highest BCUT2D eigenvalue weighted by atomic mass is 32.2. The summed E-state index contributed by atoms with van der Waals surface area (Å²) in [4.78, 5) is 12.5. The molecule has 0 atom stereocenters. The number of hydrogen-bond donors (Lipinski definition) is 1. The summed E-state index contributed by atoms with van der Waals surface area (Å²) in [7, 11) is 2.44. The highest BCUT2D eigenvalue weighted by Crippen LogP contribution is 2.23. The Morgan fingerprint density at radius 2 is 1.65 bits per heavy atom. The number of amides is 1. The third kappa shape index (κ3) is 5.01. The smallest absolute Gasteiger partial charge is 0.309 e. The van der Waals surface area contributed by atoms with E-state index in [1.807, 2.05) is 0 Å². The van der Waals surface area contributed by atoms with E-state index in [4.69, 9.17) is 13.9 Å². The van der Waals surface area contributed by atoms with Gasteiger partial charge in [0.2, 0.25) is 15.9 Å².